The molecule has 0 aromatic rings. The molecule has 0 amide bonds. The highest BCUT2D eigenvalue weighted by Crippen LogP contribution is 2.39. The molecule has 1 aliphatic rings. The Morgan fingerprint density at radius 1 is 1.05 bits per heavy atom. The first-order valence-corrected chi connectivity index (χ1v) is 10.4. The summed E-state index contributed by atoms with van der Waals surface area (Å²) in [5, 5.41) is 0. The fourth-order valence-electron chi connectivity index (χ4n) is 3.04. The van der Waals surface area contributed by atoms with E-state index in [0.717, 1.165) is 31.0 Å². The molecule has 0 radical (unpaired) electrons. The second-order valence-corrected chi connectivity index (χ2v) is 10.4. The molecular formula is C15H30O3Si. The van der Waals surface area contributed by atoms with Gasteiger partial charge in [0.2, 0.25) is 0 Å². The number of ether oxygens (including phenoxy) is 1. The van der Waals surface area contributed by atoms with Gasteiger partial charge < -0.3 is 9.16 Å². The Kier molecular flexibility index (Phi) is 6.53. The third-order valence-electron chi connectivity index (χ3n) is 4.67. The van der Waals surface area contributed by atoms with Crippen molar-refractivity contribution in [1.29, 1.82) is 0 Å². The van der Waals surface area contributed by atoms with Crippen LogP contribution in [-0.4, -0.2) is 26.5 Å². The van der Waals surface area contributed by atoms with Crippen LogP contribution in [0.2, 0.25) is 18.1 Å². The SMILES string of the molecule is CCC(=O)OCC1(O[Si](CC)(CC)CC)CCCC1. The Hall–Kier alpha value is -0.353. The van der Waals surface area contributed by atoms with Gasteiger partial charge in [-0.2, -0.15) is 0 Å². The molecule has 0 heterocycles. The van der Waals surface area contributed by atoms with Gasteiger partial charge in [-0.3, -0.25) is 4.79 Å². The highest BCUT2D eigenvalue weighted by atomic mass is 28.4. The monoisotopic (exact) mass is 286 g/mol. The molecule has 0 spiro atoms. The molecule has 1 aliphatic carbocycles. The van der Waals surface area contributed by atoms with Crippen molar-refractivity contribution in [1.82, 2.24) is 0 Å². The smallest absolute Gasteiger partial charge is 0.305 e. The lowest BCUT2D eigenvalue weighted by atomic mass is 10.0. The zero-order chi connectivity index (χ0) is 14.4. The number of hydrogen-bond acceptors (Lipinski definition) is 3. The van der Waals surface area contributed by atoms with Gasteiger partial charge in [0.1, 0.15) is 6.61 Å². The van der Waals surface area contributed by atoms with Gasteiger partial charge in [0.05, 0.1) is 5.60 Å². The number of carbonyl (C=O) groups excluding carboxylic acids is 1. The predicted octanol–water partition coefficient (Wildman–Crippen LogP) is 4.27. The highest BCUT2D eigenvalue weighted by molar-refractivity contribution is 6.73. The Labute approximate surface area is 119 Å². The van der Waals surface area contributed by atoms with Crippen LogP contribution in [0.1, 0.15) is 59.8 Å². The number of hydrogen-bond donors (Lipinski definition) is 0. The number of rotatable bonds is 8. The van der Waals surface area contributed by atoms with Crippen LogP contribution < -0.4 is 0 Å². The Balaban J connectivity index is 2.73. The van der Waals surface area contributed by atoms with Crippen LogP contribution >= 0.6 is 0 Å². The van der Waals surface area contributed by atoms with Gasteiger partial charge in [-0.15, -0.1) is 0 Å². The summed E-state index contributed by atoms with van der Waals surface area (Å²) in [6.45, 7) is 9.06. The third-order valence-corrected chi connectivity index (χ3v) is 9.40. The summed E-state index contributed by atoms with van der Waals surface area (Å²) in [7, 11) is -1.63. The average molecular weight is 286 g/mol. The molecule has 0 N–H and O–H groups in total. The van der Waals surface area contributed by atoms with Crippen molar-refractivity contribution in [3.8, 4) is 0 Å². The van der Waals surface area contributed by atoms with Gasteiger partial charge >= 0.3 is 5.97 Å². The fraction of sp³-hybridized carbons (Fsp3) is 0.933. The van der Waals surface area contributed by atoms with E-state index in [1.807, 2.05) is 6.92 Å². The molecule has 0 aliphatic heterocycles. The van der Waals surface area contributed by atoms with Crippen molar-refractivity contribution >= 4 is 14.3 Å². The topological polar surface area (TPSA) is 35.5 Å². The molecule has 0 saturated heterocycles. The van der Waals surface area contributed by atoms with Gasteiger partial charge in [-0.25, -0.2) is 0 Å². The van der Waals surface area contributed by atoms with E-state index in [1.54, 1.807) is 0 Å². The van der Waals surface area contributed by atoms with E-state index in [2.05, 4.69) is 20.8 Å². The van der Waals surface area contributed by atoms with Crippen LogP contribution in [0.3, 0.4) is 0 Å². The van der Waals surface area contributed by atoms with Crippen LogP contribution in [-0.2, 0) is 14.0 Å². The van der Waals surface area contributed by atoms with Crippen molar-refractivity contribution in [2.75, 3.05) is 6.61 Å². The second kappa shape index (κ2) is 7.43. The van der Waals surface area contributed by atoms with Crippen LogP contribution in [0.5, 0.6) is 0 Å². The minimum atomic E-state index is -1.63. The molecule has 1 fully saturated rings. The average Bonchev–Trinajstić information content (AvgIpc) is 2.91. The Morgan fingerprint density at radius 3 is 2.00 bits per heavy atom. The summed E-state index contributed by atoms with van der Waals surface area (Å²) < 4.78 is 12.1. The van der Waals surface area contributed by atoms with Crippen molar-refractivity contribution in [2.45, 2.75) is 83.5 Å². The molecule has 1 saturated carbocycles. The first-order valence-electron chi connectivity index (χ1n) is 7.91. The molecule has 0 atom stereocenters. The molecule has 4 heteroatoms. The quantitative estimate of drug-likeness (QED) is 0.493. The summed E-state index contributed by atoms with van der Waals surface area (Å²) in [5.74, 6) is -0.105. The minimum absolute atomic E-state index is 0.105. The molecular weight excluding hydrogens is 256 g/mol. The predicted molar refractivity (Wildman–Crippen MR) is 80.7 cm³/mol. The van der Waals surface area contributed by atoms with Crippen LogP contribution in [0.4, 0.5) is 0 Å². The molecule has 0 aromatic heterocycles. The molecule has 0 bridgehead atoms. The standard InChI is InChI=1S/C15H30O3Si/c1-5-14(16)17-13-15(11-9-10-12-15)18-19(6-2,7-3)8-4/h5-13H2,1-4H3. The van der Waals surface area contributed by atoms with Crippen molar-refractivity contribution < 1.29 is 14.0 Å². The zero-order valence-electron chi connectivity index (χ0n) is 13.1. The van der Waals surface area contributed by atoms with E-state index in [4.69, 9.17) is 9.16 Å². The maximum Gasteiger partial charge on any atom is 0.305 e. The number of esters is 1. The van der Waals surface area contributed by atoms with E-state index in [9.17, 15) is 4.79 Å². The second-order valence-electron chi connectivity index (χ2n) is 5.75. The maximum atomic E-state index is 11.4. The lowest BCUT2D eigenvalue weighted by Gasteiger charge is -2.40. The highest BCUT2D eigenvalue weighted by Gasteiger charge is 2.43. The Morgan fingerprint density at radius 2 is 1.58 bits per heavy atom. The summed E-state index contributed by atoms with van der Waals surface area (Å²) in [4.78, 5) is 11.4. The van der Waals surface area contributed by atoms with Crippen molar-refractivity contribution in [3.63, 3.8) is 0 Å². The normalized spacial score (nSPS) is 18.5. The van der Waals surface area contributed by atoms with Crippen molar-refractivity contribution in [2.24, 2.45) is 0 Å². The largest absolute Gasteiger partial charge is 0.463 e. The molecule has 112 valence electrons. The molecule has 3 nitrogen and oxygen atoms in total. The summed E-state index contributed by atoms with van der Waals surface area (Å²) in [6, 6.07) is 3.47. The first-order chi connectivity index (χ1) is 9.05. The summed E-state index contributed by atoms with van der Waals surface area (Å²) in [6.07, 6.45) is 4.96. The van der Waals surface area contributed by atoms with E-state index >= 15 is 0 Å². The van der Waals surface area contributed by atoms with E-state index in [0.29, 0.717) is 13.0 Å². The molecule has 19 heavy (non-hydrogen) atoms. The maximum absolute atomic E-state index is 11.4. The van der Waals surface area contributed by atoms with Gasteiger partial charge in [0.15, 0.2) is 8.32 Å². The van der Waals surface area contributed by atoms with Crippen LogP contribution in [0.15, 0.2) is 0 Å². The van der Waals surface area contributed by atoms with Crippen LogP contribution in [0.25, 0.3) is 0 Å². The third kappa shape index (κ3) is 4.31. The van der Waals surface area contributed by atoms with E-state index in [-0.39, 0.29) is 11.6 Å². The van der Waals surface area contributed by atoms with E-state index in [1.165, 1.54) is 12.8 Å². The lowest BCUT2D eigenvalue weighted by Crippen LogP contribution is -2.48. The first kappa shape index (κ1) is 16.7. The minimum Gasteiger partial charge on any atom is -0.463 e. The van der Waals surface area contributed by atoms with Gasteiger partial charge in [-0.1, -0.05) is 40.5 Å². The van der Waals surface area contributed by atoms with E-state index < -0.39 is 8.32 Å². The molecule has 0 aromatic carbocycles. The van der Waals surface area contributed by atoms with Gasteiger partial charge in [-0.05, 0) is 31.0 Å². The lowest BCUT2D eigenvalue weighted by molar-refractivity contribution is -0.149. The Bertz CT molecular complexity index is 273. The molecule has 0 unspecified atom stereocenters. The van der Waals surface area contributed by atoms with Gasteiger partial charge in [0.25, 0.3) is 0 Å². The fourth-order valence-corrected chi connectivity index (χ4v) is 6.15. The van der Waals surface area contributed by atoms with Crippen molar-refractivity contribution in [3.05, 3.63) is 0 Å². The number of carbonyl (C=O) groups is 1. The summed E-state index contributed by atoms with van der Waals surface area (Å²) >= 11 is 0. The zero-order valence-corrected chi connectivity index (χ0v) is 14.1. The molecule has 1 rings (SSSR count). The van der Waals surface area contributed by atoms with Crippen LogP contribution in [0, 0.1) is 0 Å². The van der Waals surface area contributed by atoms with Gasteiger partial charge in [0, 0.05) is 6.42 Å². The summed E-state index contributed by atoms with van der Waals surface area (Å²) in [5.41, 5.74) is -0.168.